The molecule has 3 aromatic rings. The van der Waals surface area contributed by atoms with Crippen molar-refractivity contribution in [3.63, 3.8) is 0 Å². The number of hydrogen-bond donors (Lipinski definition) is 1. The van der Waals surface area contributed by atoms with Crippen LogP contribution < -0.4 is 14.8 Å². The van der Waals surface area contributed by atoms with Gasteiger partial charge in [0.25, 0.3) is 5.91 Å². The van der Waals surface area contributed by atoms with Crippen LogP contribution in [0.2, 0.25) is 0 Å². The van der Waals surface area contributed by atoms with Crippen LogP contribution in [-0.4, -0.2) is 37.7 Å². The normalized spacial score (nSPS) is 11.3. The average Bonchev–Trinajstić information content (AvgIpc) is 2.83. The minimum absolute atomic E-state index is 0.302. The number of nitrogens with one attached hydrogen (secondary N) is 1. The van der Waals surface area contributed by atoms with Gasteiger partial charge in [-0.25, -0.2) is 9.78 Å². The Labute approximate surface area is 191 Å². The first-order valence-corrected chi connectivity index (χ1v) is 10.7. The van der Waals surface area contributed by atoms with E-state index in [1.54, 1.807) is 50.7 Å². The Morgan fingerprint density at radius 1 is 1.03 bits per heavy atom. The molecule has 3 rings (SSSR count). The number of pyridine rings is 1. The van der Waals surface area contributed by atoms with Crippen molar-refractivity contribution in [3.05, 3.63) is 78.0 Å². The van der Waals surface area contributed by atoms with Gasteiger partial charge in [0.05, 0.1) is 25.8 Å². The van der Waals surface area contributed by atoms with Gasteiger partial charge in [0.1, 0.15) is 16.5 Å². The van der Waals surface area contributed by atoms with Gasteiger partial charge in [-0.05, 0) is 49.4 Å². The van der Waals surface area contributed by atoms with E-state index in [-0.39, 0.29) is 6.04 Å². The molecule has 0 aliphatic heterocycles. The lowest BCUT2D eigenvalue weighted by Gasteiger charge is -2.18. The Hall–Kier alpha value is -3.52. The van der Waals surface area contributed by atoms with Gasteiger partial charge in [-0.1, -0.05) is 30.0 Å². The van der Waals surface area contributed by atoms with Crippen LogP contribution in [0.25, 0.3) is 0 Å². The average molecular weight is 453 g/mol. The number of carbonyl (C=O) groups is 2. The molecule has 7 nitrogen and oxygen atoms in total. The van der Waals surface area contributed by atoms with Crippen molar-refractivity contribution in [2.24, 2.45) is 0 Å². The molecule has 0 saturated heterocycles. The monoisotopic (exact) mass is 452 g/mol. The first kappa shape index (κ1) is 23.1. The highest BCUT2D eigenvalue weighted by Crippen LogP contribution is 2.30. The number of nitrogens with zero attached hydrogens (tertiary/aromatic N) is 1. The van der Waals surface area contributed by atoms with E-state index < -0.39 is 18.5 Å². The van der Waals surface area contributed by atoms with Crippen LogP contribution in [0.3, 0.4) is 0 Å². The first-order valence-electron chi connectivity index (χ1n) is 9.88. The van der Waals surface area contributed by atoms with E-state index in [1.165, 1.54) is 11.8 Å². The number of carbonyl (C=O) groups excluding carboxylic acids is 2. The summed E-state index contributed by atoms with van der Waals surface area (Å²) in [4.78, 5) is 30.2. The molecule has 0 saturated carbocycles. The molecule has 1 aromatic heterocycles. The van der Waals surface area contributed by atoms with Crippen molar-refractivity contribution >= 4 is 23.6 Å². The van der Waals surface area contributed by atoms with E-state index in [0.29, 0.717) is 22.1 Å². The lowest BCUT2D eigenvalue weighted by Crippen LogP contribution is -2.31. The molecule has 1 heterocycles. The van der Waals surface area contributed by atoms with Crippen molar-refractivity contribution in [1.29, 1.82) is 0 Å². The molecule has 0 aliphatic rings. The maximum Gasteiger partial charge on any atom is 0.341 e. The second-order valence-electron chi connectivity index (χ2n) is 6.74. The molecule has 0 spiro atoms. The van der Waals surface area contributed by atoms with E-state index in [2.05, 4.69) is 10.3 Å². The van der Waals surface area contributed by atoms with Crippen LogP contribution in [0.1, 0.15) is 28.9 Å². The summed E-state index contributed by atoms with van der Waals surface area (Å²) in [5.41, 5.74) is 1.05. The number of methoxy groups -OCH3 is 2. The molecular weight excluding hydrogens is 428 g/mol. The Morgan fingerprint density at radius 2 is 1.81 bits per heavy atom. The highest BCUT2D eigenvalue weighted by atomic mass is 32.2. The zero-order chi connectivity index (χ0) is 22.9. The predicted octanol–water partition coefficient (Wildman–Crippen LogP) is 4.28. The van der Waals surface area contributed by atoms with Crippen molar-refractivity contribution in [3.8, 4) is 11.5 Å². The number of benzene rings is 2. The van der Waals surface area contributed by atoms with Gasteiger partial charge < -0.3 is 19.5 Å². The smallest absolute Gasteiger partial charge is 0.341 e. The van der Waals surface area contributed by atoms with E-state index in [0.717, 1.165) is 10.5 Å². The molecule has 0 radical (unpaired) electrons. The highest BCUT2D eigenvalue weighted by molar-refractivity contribution is 7.99. The Kier molecular flexibility index (Phi) is 8.10. The summed E-state index contributed by atoms with van der Waals surface area (Å²) in [5, 5.41) is 3.32. The third kappa shape index (κ3) is 6.01. The fourth-order valence-electron chi connectivity index (χ4n) is 2.98. The second-order valence-corrected chi connectivity index (χ2v) is 7.81. The van der Waals surface area contributed by atoms with Crippen LogP contribution in [-0.2, 0) is 9.53 Å². The summed E-state index contributed by atoms with van der Waals surface area (Å²) < 4.78 is 15.9. The molecule has 0 fully saturated rings. The van der Waals surface area contributed by atoms with Gasteiger partial charge >= 0.3 is 5.97 Å². The molecule has 32 heavy (non-hydrogen) atoms. The van der Waals surface area contributed by atoms with Crippen LogP contribution in [0.5, 0.6) is 11.5 Å². The van der Waals surface area contributed by atoms with Crippen molar-refractivity contribution < 1.29 is 23.8 Å². The fraction of sp³-hybridized carbons (Fsp3) is 0.208. The first-order chi connectivity index (χ1) is 15.5. The molecule has 2 aromatic carbocycles. The van der Waals surface area contributed by atoms with Crippen LogP contribution in [0, 0.1) is 0 Å². The molecule has 1 amide bonds. The van der Waals surface area contributed by atoms with E-state index in [4.69, 9.17) is 14.2 Å². The number of aromatic nitrogens is 1. The topological polar surface area (TPSA) is 86.8 Å². The van der Waals surface area contributed by atoms with E-state index in [9.17, 15) is 9.59 Å². The third-order valence-electron chi connectivity index (χ3n) is 4.56. The Bertz CT molecular complexity index is 1070. The molecule has 8 heteroatoms. The lowest BCUT2D eigenvalue weighted by atomic mass is 10.1. The fourth-order valence-corrected chi connectivity index (χ4v) is 3.87. The highest BCUT2D eigenvalue weighted by Gasteiger charge is 2.19. The van der Waals surface area contributed by atoms with Crippen molar-refractivity contribution in [2.45, 2.75) is 22.9 Å². The van der Waals surface area contributed by atoms with Crippen LogP contribution in [0.4, 0.5) is 0 Å². The summed E-state index contributed by atoms with van der Waals surface area (Å²) >= 11 is 1.35. The second kappa shape index (κ2) is 11.2. The quantitative estimate of drug-likeness (QED) is 0.485. The zero-order valence-electron chi connectivity index (χ0n) is 18.0. The Morgan fingerprint density at radius 3 is 2.53 bits per heavy atom. The predicted molar refractivity (Wildman–Crippen MR) is 121 cm³/mol. The summed E-state index contributed by atoms with van der Waals surface area (Å²) in [6.07, 6.45) is 1.61. The van der Waals surface area contributed by atoms with Crippen molar-refractivity contribution in [1.82, 2.24) is 10.3 Å². The zero-order valence-corrected chi connectivity index (χ0v) is 18.8. The summed E-state index contributed by atoms with van der Waals surface area (Å²) in [6, 6.07) is 17.8. The van der Waals surface area contributed by atoms with Gasteiger partial charge in [0.15, 0.2) is 6.61 Å². The van der Waals surface area contributed by atoms with Crippen LogP contribution in [0.15, 0.2) is 76.8 Å². The number of hydrogen-bond acceptors (Lipinski definition) is 7. The van der Waals surface area contributed by atoms with E-state index >= 15 is 0 Å². The molecule has 1 atom stereocenters. The largest absolute Gasteiger partial charge is 0.497 e. The maximum atomic E-state index is 12.6. The van der Waals surface area contributed by atoms with Crippen molar-refractivity contribution in [2.75, 3.05) is 20.8 Å². The van der Waals surface area contributed by atoms with E-state index in [1.807, 2.05) is 37.3 Å². The molecule has 0 aliphatic carbocycles. The Balaban J connectivity index is 1.62. The number of amides is 1. The molecule has 1 unspecified atom stereocenters. The number of esters is 1. The SMILES string of the molecule is COc1ccc(OC)c(C(C)NC(=O)COC(=O)c2cccnc2Sc2ccccc2)c1. The van der Waals surface area contributed by atoms with Gasteiger partial charge in [0, 0.05) is 16.7 Å². The molecule has 166 valence electrons. The lowest BCUT2D eigenvalue weighted by molar-refractivity contribution is -0.124. The maximum absolute atomic E-state index is 12.6. The van der Waals surface area contributed by atoms with Gasteiger partial charge in [-0.3, -0.25) is 4.79 Å². The third-order valence-corrected chi connectivity index (χ3v) is 5.59. The molecular formula is C24H24N2O5S. The standard InChI is InChI=1S/C24H24N2O5S/c1-16(20-14-17(29-2)11-12-21(20)30-3)26-22(27)15-31-24(28)19-10-7-13-25-23(19)32-18-8-5-4-6-9-18/h4-14,16H,15H2,1-3H3,(H,26,27). The molecule has 0 bridgehead atoms. The van der Waals surface area contributed by atoms with Gasteiger partial charge in [-0.15, -0.1) is 0 Å². The summed E-state index contributed by atoms with van der Waals surface area (Å²) in [7, 11) is 3.12. The minimum atomic E-state index is -0.613. The number of ether oxygens (including phenoxy) is 3. The van der Waals surface area contributed by atoms with Gasteiger partial charge in [-0.2, -0.15) is 0 Å². The van der Waals surface area contributed by atoms with Gasteiger partial charge in [0.2, 0.25) is 0 Å². The summed E-state index contributed by atoms with van der Waals surface area (Å²) in [6.45, 7) is 1.40. The minimum Gasteiger partial charge on any atom is -0.497 e. The molecule has 1 N–H and O–H groups in total. The van der Waals surface area contributed by atoms with Crippen LogP contribution >= 0.6 is 11.8 Å². The number of rotatable bonds is 9. The summed E-state index contributed by atoms with van der Waals surface area (Å²) in [5.74, 6) is 0.219.